The number of amides is 1. The van der Waals surface area contributed by atoms with Crippen molar-refractivity contribution in [2.45, 2.75) is 0 Å². The van der Waals surface area contributed by atoms with Crippen molar-refractivity contribution in [2.24, 2.45) is 0 Å². The van der Waals surface area contributed by atoms with Gasteiger partial charge in [0.1, 0.15) is 39.3 Å². The topological polar surface area (TPSA) is 29.1 Å². The second-order valence-corrected chi connectivity index (χ2v) is 5.13. The first-order chi connectivity index (χ1) is 6.58. The number of rotatable bonds is 2. The number of hydrogen-bond donors (Lipinski definition) is 1. The summed E-state index contributed by atoms with van der Waals surface area (Å²) >= 11 is 0. The van der Waals surface area contributed by atoms with Gasteiger partial charge in [-0.05, 0) is 0 Å². The number of quaternary nitrogens is 2. The summed E-state index contributed by atoms with van der Waals surface area (Å²) in [5.41, 5.74) is 0. The first-order valence-electron chi connectivity index (χ1n) is 5.47. The van der Waals surface area contributed by atoms with Crippen LogP contribution in [0.3, 0.4) is 0 Å². The van der Waals surface area contributed by atoms with Crippen molar-refractivity contribution < 1.29 is 13.8 Å². The molecule has 3 heterocycles. The summed E-state index contributed by atoms with van der Waals surface area (Å²) in [5, 5.41) is 2.74. The molecule has 3 rings (SSSR count). The summed E-state index contributed by atoms with van der Waals surface area (Å²) in [6.45, 7) is 7.99. The van der Waals surface area contributed by atoms with Gasteiger partial charge in [0.25, 0.3) is 5.91 Å². The number of fused-ring (bicyclic) bond motifs is 3. The van der Waals surface area contributed by atoms with E-state index in [1.54, 1.807) is 7.05 Å². The molecule has 0 aromatic carbocycles. The van der Waals surface area contributed by atoms with Crippen LogP contribution in [0.2, 0.25) is 0 Å². The minimum absolute atomic E-state index is 0.197. The molecule has 3 fully saturated rings. The maximum Gasteiger partial charge on any atom is 0.275 e. The highest BCUT2D eigenvalue weighted by Gasteiger charge is 2.47. The average Bonchev–Trinajstić information content (AvgIpc) is 2.20. The minimum Gasteiger partial charge on any atom is -0.354 e. The van der Waals surface area contributed by atoms with E-state index in [0.29, 0.717) is 6.54 Å². The maximum atomic E-state index is 11.4. The quantitative estimate of drug-likeness (QED) is 0.569. The molecule has 0 radical (unpaired) electrons. The van der Waals surface area contributed by atoms with E-state index in [2.05, 4.69) is 12.4 Å². The summed E-state index contributed by atoms with van der Waals surface area (Å²) in [6.07, 6.45) is 0. The van der Waals surface area contributed by atoms with E-state index in [4.69, 9.17) is 0 Å². The van der Waals surface area contributed by atoms with E-state index in [-0.39, 0.29) is 5.91 Å². The number of carbonyl (C=O) groups excluding carboxylic acids is 1. The first-order valence-corrected chi connectivity index (χ1v) is 5.47. The molecule has 0 unspecified atom stereocenters. The molecule has 0 aliphatic carbocycles. The number of piperazine rings is 3. The fraction of sp³-hybridized carbons (Fsp3) is 0.900. The minimum atomic E-state index is 0.197. The van der Waals surface area contributed by atoms with E-state index in [1.807, 2.05) is 0 Å². The predicted molar refractivity (Wildman–Crippen MR) is 54.6 cm³/mol. The van der Waals surface area contributed by atoms with E-state index in [9.17, 15) is 4.79 Å². The Morgan fingerprint density at radius 1 is 1.14 bits per heavy atom. The van der Waals surface area contributed by atoms with Crippen molar-refractivity contribution in [1.29, 1.82) is 0 Å². The Kier molecular flexibility index (Phi) is 2.27. The average molecular weight is 199 g/mol. The lowest BCUT2D eigenvalue weighted by Crippen LogP contribution is -2.74. The Bertz CT molecular complexity index is 227. The Morgan fingerprint density at radius 3 is 2.07 bits per heavy atom. The molecule has 2 bridgehead atoms. The maximum absolute atomic E-state index is 11.4. The third-order valence-corrected chi connectivity index (χ3v) is 4.10. The van der Waals surface area contributed by atoms with Crippen molar-refractivity contribution in [2.75, 3.05) is 59.9 Å². The molecular formula is C10H21N3O+2. The molecule has 3 saturated heterocycles. The zero-order valence-corrected chi connectivity index (χ0v) is 9.25. The summed E-state index contributed by atoms with van der Waals surface area (Å²) in [5.74, 6) is 0.197. The van der Waals surface area contributed by atoms with Gasteiger partial charge in [-0.25, -0.2) is 0 Å². The van der Waals surface area contributed by atoms with Gasteiger partial charge < -0.3 is 14.3 Å². The van der Waals surface area contributed by atoms with Crippen molar-refractivity contribution >= 4 is 5.91 Å². The molecule has 1 N–H and O–H groups in total. The fourth-order valence-corrected chi connectivity index (χ4v) is 2.65. The predicted octanol–water partition coefficient (Wildman–Crippen LogP) is -0.977. The Balaban J connectivity index is 2.01. The highest BCUT2D eigenvalue weighted by atomic mass is 16.2. The van der Waals surface area contributed by atoms with Crippen molar-refractivity contribution in [1.82, 2.24) is 5.32 Å². The molecule has 3 aliphatic heterocycles. The molecule has 0 spiro atoms. The highest BCUT2D eigenvalue weighted by molar-refractivity contribution is 5.76. The second-order valence-electron chi connectivity index (χ2n) is 5.13. The van der Waals surface area contributed by atoms with Crippen LogP contribution < -0.4 is 5.32 Å². The zero-order chi connectivity index (χ0) is 10.2. The summed E-state index contributed by atoms with van der Waals surface area (Å²) in [6, 6.07) is 0. The number of nitrogens with one attached hydrogen (secondary N) is 1. The molecule has 0 atom stereocenters. The van der Waals surface area contributed by atoms with E-state index >= 15 is 0 Å². The van der Waals surface area contributed by atoms with Crippen LogP contribution in [0.4, 0.5) is 0 Å². The third-order valence-electron chi connectivity index (χ3n) is 4.10. The molecular weight excluding hydrogens is 178 g/mol. The van der Waals surface area contributed by atoms with Crippen molar-refractivity contribution in [3.8, 4) is 0 Å². The van der Waals surface area contributed by atoms with Gasteiger partial charge in [-0.3, -0.25) is 4.79 Å². The molecule has 0 aromatic rings. The first kappa shape index (κ1) is 9.93. The van der Waals surface area contributed by atoms with Crippen molar-refractivity contribution in [3.63, 3.8) is 0 Å². The van der Waals surface area contributed by atoms with Crippen LogP contribution in [0.5, 0.6) is 0 Å². The van der Waals surface area contributed by atoms with Gasteiger partial charge >= 0.3 is 0 Å². The van der Waals surface area contributed by atoms with Gasteiger partial charge in [0.2, 0.25) is 0 Å². The standard InChI is InChI=1S/C10H20N3O/c1-11-10(14)9-13-6-3-12(2,4-7-13)5-8-13/h3-9H2,1-2H3/q+1/p+1. The van der Waals surface area contributed by atoms with Crippen LogP contribution in [0.25, 0.3) is 0 Å². The lowest BCUT2D eigenvalue weighted by atomic mass is 10.1. The number of carbonyl (C=O) groups is 1. The van der Waals surface area contributed by atoms with Gasteiger partial charge in [-0.2, -0.15) is 0 Å². The molecule has 4 heteroatoms. The second kappa shape index (κ2) is 3.21. The SMILES string of the molecule is CNC(=O)C[N+]12CC[N+](C)(CC1)CC2. The fourth-order valence-electron chi connectivity index (χ4n) is 2.65. The van der Waals surface area contributed by atoms with Crippen LogP contribution in [0.1, 0.15) is 0 Å². The van der Waals surface area contributed by atoms with E-state index < -0.39 is 0 Å². The lowest BCUT2D eigenvalue weighted by molar-refractivity contribution is -1.07. The lowest BCUT2D eigenvalue weighted by Gasteiger charge is -2.53. The molecule has 0 saturated carbocycles. The molecule has 0 aromatic heterocycles. The zero-order valence-electron chi connectivity index (χ0n) is 9.25. The molecule has 80 valence electrons. The Morgan fingerprint density at radius 2 is 1.64 bits per heavy atom. The van der Waals surface area contributed by atoms with Crippen LogP contribution in [-0.4, -0.2) is 74.8 Å². The molecule has 14 heavy (non-hydrogen) atoms. The van der Waals surface area contributed by atoms with Crippen molar-refractivity contribution in [3.05, 3.63) is 0 Å². The molecule has 4 nitrogen and oxygen atoms in total. The smallest absolute Gasteiger partial charge is 0.275 e. The van der Waals surface area contributed by atoms with Gasteiger partial charge in [0.15, 0.2) is 6.54 Å². The van der Waals surface area contributed by atoms with Gasteiger partial charge in [0.05, 0.1) is 7.05 Å². The summed E-state index contributed by atoms with van der Waals surface area (Å²) < 4.78 is 2.27. The van der Waals surface area contributed by atoms with Crippen LogP contribution >= 0.6 is 0 Å². The number of likely N-dealkylation sites (N-methyl/N-ethyl adjacent to an activating group) is 2. The van der Waals surface area contributed by atoms with Gasteiger partial charge in [-0.15, -0.1) is 0 Å². The summed E-state index contributed by atoms with van der Waals surface area (Å²) in [4.78, 5) is 11.4. The largest absolute Gasteiger partial charge is 0.354 e. The molecule has 3 aliphatic rings. The van der Waals surface area contributed by atoms with Gasteiger partial charge in [-0.1, -0.05) is 0 Å². The molecule has 1 amide bonds. The van der Waals surface area contributed by atoms with E-state index in [0.717, 1.165) is 4.48 Å². The van der Waals surface area contributed by atoms with E-state index in [1.165, 1.54) is 43.8 Å². The Hall–Kier alpha value is -0.610. The van der Waals surface area contributed by atoms with Crippen LogP contribution in [-0.2, 0) is 4.79 Å². The summed E-state index contributed by atoms with van der Waals surface area (Å²) in [7, 11) is 4.07. The number of nitrogens with zero attached hydrogens (tertiary/aromatic N) is 2. The van der Waals surface area contributed by atoms with Gasteiger partial charge in [0, 0.05) is 7.05 Å². The highest BCUT2D eigenvalue weighted by Crippen LogP contribution is 2.23. The third kappa shape index (κ3) is 1.64. The monoisotopic (exact) mass is 199 g/mol. The number of hydrogen-bond acceptors (Lipinski definition) is 1. The van der Waals surface area contributed by atoms with Crippen LogP contribution in [0, 0.1) is 0 Å². The Labute approximate surface area is 85.7 Å². The van der Waals surface area contributed by atoms with Crippen LogP contribution in [0.15, 0.2) is 0 Å². The normalized spacial score (nSPS) is 41.0.